The maximum absolute atomic E-state index is 13.0. The van der Waals surface area contributed by atoms with Crippen molar-refractivity contribution in [2.45, 2.75) is 10.9 Å². The third kappa shape index (κ3) is 5.65. The summed E-state index contributed by atoms with van der Waals surface area (Å²) in [5, 5.41) is 4.20. The summed E-state index contributed by atoms with van der Waals surface area (Å²) in [5.74, 6) is -0.415. The number of hydrogen-bond acceptors (Lipinski definition) is 5. The number of fused-ring (bicyclic) bond motifs is 1. The van der Waals surface area contributed by atoms with Crippen molar-refractivity contribution in [3.8, 4) is 0 Å². The molecule has 1 heterocycles. The Morgan fingerprint density at radius 3 is 2.26 bits per heavy atom. The SMILES string of the molecule is Cn1c(C(=O)NC(CNS(C)(=O)=O)c2ccc(S(C)(=O)=O)cc2)cc2ccc(Cl)cc21. The highest BCUT2D eigenvalue weighted by Crippen LogP contribution is 2.23. The van der Waals surface area contributed by atoms with Crippen LogP contribution in [0.4, 0.5) is 0 Å². The van der Waals surface area contributed by atoms with Crippen molar-refractivity contribution >= 4 is 48.3 Å². The maximum Gasteiger partial charge on any atom is 0.268 e. The standard InChI is InChI=1S/C20H22ClN3O5S2/c1-24-18-11-15(21)7-4-14(18)10-19(24)20(25)23-17(12-22-31(3,28)29)13-5-8-16(9-6-13)30(2,26)27/h4-11,17,22H,12H2,1-3H3,(H,23,25). The number of benzene rings is 2. The quantitative estimate of drug-likeness (QED) is 0.535. The van der Waals surface area contributed by atoms with Crippen LogP contribution in [0.25, 0.3) is 10.9 Å². The molecular weight excluding hydrogens is 462 g/mol. The average molecular weight is 484 g/mol. The number of aryl methyl sites for hydroxylation is 1. The second-order valence-corrected chi connectivity index (χ2v) is 11.6. The Morgan fingerprint density at radius 2 is 1.68 bits per heavy atom. The summed E-state index contributed by atoms with van der Waals surface area (Å²) in [6, 6.07) is 12.2. The molecule has 8 nitrogen and oxygen atoms in total. The number of nitrogens with zero attached hydrogens (tertiary/aromatic N) is 1. The van der Waals surface area contributed by atoms with E-state index in [1.165, 1.54) is 12.1 Å². The molecule has 1 atom stereocenters. The van der Waals surface area contributed by atoms with Crippen LogP contribution in [0.3, 0.4) is 0 Å². The van der Waals surface area contributed by atoms with E-state index < -0.39 is 31.8 Å². The van der Waals surface area contributed by atoms with Gasteiger partial charge in [-0.25, -0.2) is 21.6 Å². The molecule has 3 rings (SSSR count). The predicted octanol–water partition coefficient (Wildman–Crippen LogP) is 2.26. The second-order valence-electron chi connectivity index (χ2n) is 7.28. The minimum atomic E-state index is -3.51. The van der Waals surface area contributed by atoms with Crippen LogP contribution in [0.5, 0.6) is 0 Å². The number of halogens is 1. The number of amides is 1. The van der Waals surface area contributed by atoms with Gasteiger partial charge in [0.25, 0.3) is 5.91 Å². The molecule has 166 valence electrons. The Bertz CT molecular complexity index is 1350. The van der Waals surface area contributed by atoms with Gasteiger partial charge >= 0.3 is 0 Å². The van der Waals surface area contributed by atoms with Crippen LogP contribution in [-0.4, -0.2) is 46.4 Å². The van der Waals surface area contributed by atoms with E-state index >= 15 is 0 Å². The molecule has 0 aliphatic rings. The van der Waals surface area contributed by atoms with Crippen molar-refractivity contribution in [3.05, 3.63) is 64.8 Å². The van der Waals surface area contributed by atoms with Crippen LogP contribution in [0.2, 0.25) is 5.02 Å². The van der Waals surface area contributed by atoms with Crippen molar-refractivity contribution in [3.63, 3.8) is 0 Å². The number of hydrogen-bond donors (Lipinski definition) is 2. The van der Waals surface area contributed by atoms with Crippen LogP contribution < -0.4 is 10.0 Å². The number of sulfone groups is 1. The highest BCUT2D eigenvalue weighted by Gasteiger charge is 2.21. The summed E-state index contributed by atoms with van der Waals surface area (Å²) >= 11 is 6.05. The summed E-state index contributed by atoms with van der Waals surface area (Å²) in [4.78, 5) is 13.1. The topological polar surface area (TPSA) is 114 Å². The monoisotopic (exact) mass is 483 g/mol. The molecule has 11 heteroatoms. The fraction of sp³-hybridized carbons (Fsp3) is 0.250. The van der Waals surface area contributed by atoms with Crippen molar-refractivity contribution in [1.29, 1.82) is 0 Å². The molecule has 0 aliphatic heterocycles. The molecule has 2 aromatic carbocycles. The first-order valence-electron chi connectivity index (χ1n) is 9.15. The summed E-state index contributed by atoms with van der Waals surface area (Å²) in [6.07, 6.45) is 2.12. The van der Waals surface area contributed by atoms with Gasteiger partial charge in [0.1, 0.15) is 5.69 Å². The van der Waals surface area contributed by atoms with Crippen LogP contribution in [0.15, 0.2) is 53.4 Å². The van der Waals surface area contributed by atoms with Crippen LogP contribution in [0, 0.1) is 0 Å². The van der Waals surface area contributed by atoms with Crippen LogP contribution in [0.1, 0.15) is 22.1 Å². The van der Waals surface area contributed by atoms with Gasteiger partial charge in [-0.3, -0.25) is 4.79 Å². The zero-order chi connectivity index (χ0) is 23.0. The van der Waals surface area contributed by atoms with Gasteiger partial charge in [-0.05, 0) is 35.9 Å². The highest BCUT2D eigenvalue weighted by atomic mass is 35.5. The molecule has 2 N–H and O–H groups in total. The lowest BCUT2D eigenvalue weighted by Gasteiger charge is -2.20. The van der Waals surface area contributed by atoms with E-state index in [1.54, 1.807) is 48.0 Å². The van der Waals surface area contributed by atoms with Gasteiger partial charge in [-0.1, -0.05) is 29.8 Å². The third-order valence-electron chi connectivity index (χ3n) is 4.81. The first-order chi connectivity index (χ1) is 14.3. The van der Waals surface area contributed by atoms with Gasteiger partial charge in [0, 0.05) is 35.8 Å². The molecule has 1 unspecified atom stereocenters. The Kier molecular flexibility index (Phi) is 6.47. The van der Waals surface area contributed by atoms with Gasteiger partial charge in [0.2, 0.25) is 10.0 Å². The molecule has 0 fully saturated rings. The Balaban J connectivity index is 1.93. The Hall–Kier alpha value is -2.40. The van der Waals surface area contributed by atoms with Gasteiger partial charge in [0.05, 0.1) is 17.2 Å². The molecule has 1 amide bonds. The summed E-state index contributed by atoms with van der Waals surface area (Å²) in [5.41, 5.74) is 1.70. The zero-order valence-electron chi connectivity index (χ0n) is 17.1. The third-order valence-corrected chi connectivity index (χ3v) is 6.86. The number of rotatable bonds is 7. The van der Waals surface area contributed by atoms with E-state index in [0.29, 0.717) is 16.3 Å². The molecule has 0 aliphatic carbocycles. The average Bonchev–Trinajstić information content (AvgIpc) is 3.00. The summed E-state index contributed by atoms with van der Waals surface area (Å²) in [6.45, 7) is -0.0986. The van der Waals surface area contributed by atoms with Crippen LogP contribution in [-0.2, 0) is 26.9 Å². The highest BCUT2D eigenvalue weighted by molar-refractivity contribution is 7.90. The van der Waals surface area contributed by atoms with Crippen molar-refractivity contribution in [2.24, 2.45) is 7.05 Å². The first-order valence-corrected chi connectivity index (χ1v) is 13.3. The molecule has 0 radical (unpaired) electrons. The first kappa shape index (κ1) is 23.3. The number of carbonyl (C=O) groups is 1. The number of nitrogens with one attached hydrogen (secondary N) is 2. The molecule has 0 saturated carbocycles. The van der Waals surface area contributed by atoms with E-state index in [0.717, 1.165) is 23.4 Å². The number of sulfonamides is 1. The van der Waals surface area contributed by atoms with Crippen molar-refractivity contribution < 1.29 is 21.6 Å². The van der Waals surface area contributed by atoms with E-state index in [9.17, 15) is 21.6 Å². The molecule has 0 bridgehead atoms. The minimum absolute atomic E-state index is 0.0986. The van der Waals surface area contributed by atoms with Crippen molar-refractivity contribution in [2.75, 3.05) is 19.1 Å². The lowest BCUT2D eigenvalue weighted by atomic mass is 10.1. The van der Waals surface area contributed by atoms with Crippen LogP contribution >= 0.6 is 11.6 Å². The molecule has 3 aromatic rings. The zero-order valence-corrected chi connectivity index (χ0v) is 19.5. The van der Waals surface area contributed by atoms with E-state index in [4.69, 9.17) is 11.6 Å². The fourth-order valence-electron chi connectivity index (χ4n) is 3.19. The summed E-state index contributed by atoms with van der Waals surface area (Å²) in [7, 11) is -5.16. The number of aromatic nitrogens is 1. The molecule has 31 heavy (non-hydrogen) atoms. The normalized spacial score (nSPS) is 13.3. The van der Waals surface area contributed by atoms with E-state index in [-0.39, 0.29) is 11.4 Å². The van der Waals surface area contributed by atoms with Gasteiger partial charge in [-0.2, -0.15) is 0 Å². The lowest BCUT2D eigenvalue weighted by molar-refractivity contribution is 0.0929. The van der Waals surface area contributed by atoms with E-state index in [1.807, 2.05) is 0 Å². The van der Waals surface area contributed by atoms with Gasteiger partial charge < -0.3 is 9.88 Å². The minimum Gasteiger partial charge on any atom is -0.343 e. The van der Waals surface area contributed by atoms with Gasteiger partial charge in [-0.15, -0.1) is 0 Å². The molecule has 0 saturated heterocycles. The Labute approximate surface area is 186 Å². The van der Waals surface area contributed by atoms with E-state index in [2.05, 4.69) is 10.0 Å². The second kappa shape index (κ2) is 8.62. The lowest BCUT2D eigenvalue weighted by Crippen LogP contribution is -2.38. The maximum atomic E-state index is 13.0. The smallest absolute Gasteiger partial charge is 0.268 e. The number of carbonyl (C=O) groups excluding carboxylic acids is 1. The largest absolute Gasteiger partial charge is 0.343 e. The predicted molar refractivity (Wildman–Crippen MR) is 121 cm³/mol. The molecule has 0 spiro atoms. The molecular formula is C20H22ClN3O5S2. The van der Waals surface area contributed by atoms with Crippen molar-refractivity contribution in [1.82, 2.24) is 14.6 Å². The fourth-order valence-corrected chi connectivity index (χ4v) is 4.45. The summed E-state index contributed by atoms with van der Waals surface area (Å²) < 4.78 is 50.7. The van der Waals surface area contributed by atoms with Gasteiger partial charge in [0.15, 0.2) is 9.84 Å². The molecule has 1 aromatic heterocycles. The Morgan fingerprint density at radius 1 is 1.03 bits per heavy atom.